The molecular formula is C20H32N4O4. The number of nitrogens with one attached hydrogen (secondary N) is 1. The van der Waals surface area contributed by atoms with Gasteiger partial charge < -0.3 is 30.2 Å². The van der Waals surface area contributed by atoms with Crippen LogP contribution in [0.2, 0.25) is 0 Å². The van der Waals surface area contributed by atoms with E-state index in [1.807, 2.05) is 26.8 Å². The number of likely N-dealkylation sites (tertiary alicyclic amines) is 1. The van der Waals surface area contributed by atoms with E-state index in [9.17, 15) is 4.79 Å². The van der Waals surface area contributed by atoms with Gasteiger partial charge in [0, 0.05) is 31.4 Å². The van der Waals surface area contributed by atoms with Crippen molar-refractivity contribution in [3.63, 3.8) is 0 Å². The number of rotatable bonds is 5. The van der Waals surface area contributed by atoms with E-state index >= 15 is 0 Å². The fourth-order valence-electron chi connectivity index (χ4n) is 2.95. The average Bonchev–Trinajstić information content (AvgIpc) is 2.65. The Morgan fingerprint density at radius 2 is 1.86 bits per heavy atom. The van der Waals surface area contributed by atoms with Crippen LogP contribution >= 0.6 is 0 Å². The van der Waals surface area contributed by atoms with Crippen molar-refractivity contribution < 1.29 is 19.0 Å². The van der Waals surface area contributed by atoms with E-state index in [2.05, 4.69) is 10.3 Å². The Kier molecular flexibility index (Phi) is 7.37. The molecule has 1 heterocycles. The standard InChI is InChI=1S/C20H32N4O4/c1-20(2,3)28-19(25)24-10-8-14(9-11-24)13-22-18(21)23-15-6-7-16(26-4)17(12-15)27-5/h6-7,12,14H,8-11,13H2,1-5H3,(H3,21,22,23). The molecule has 1 fully saturated rings. The fraction of sp³-hybridized carbons (Fsp3) is 0.600. The smallest absolute Gasteiger partial charge is 0.410 e. The van der Waals surface area contributed by atoms with Crippen LogP contribution in [-0.2, 0) is 4.74 Å². The Hall–Kier alpha value is -2.64. The molecule has 2 rings (SSSR count). The molecule has 0 saturated carbocycles. The summed E-state index contributed by atoms with van der Waals surface area (Å²) in [5.41, 5.74) is 6.32. The molecule has 1 aromatic carbocycles. The number of piperidine rings is 1. The molecule has 1 aromatic rings. The highest BCUT2D eigenvalue weighted by molar-refractivity contribution is 5.92. The third-order valence-electron chi connectivity index (χ3n) is 4.44. The van der Waals surface area contributed by atoms with Gasteiger partial charge >= 0.3 is 6.09 Å². The van der Waals surface area contributed by atoms with Gasteiger partial charge in [-0.25, -0.2) is 4.79 Å². The molecule has 0 aliphatic carbocycles. The molecule has 0 atom stereocenters. The van der Waals surface area contributed by atoms with Crippen molar-refractivity contribution >= 4 is 17.7 Å². The minimum Gasteiger partial charge on any atom is -0.493 e. The predicted octanol–water partition coefficient (Wildman–Crippen LogP) is 3.08. The zero-order valence-corrected chi connectivity index (χ0v) is 17.4. The third-order valence-corrected chi connectivity index (χ3v) is 4.44. The Morgan fingerprint density at radius 3 is 2.43 bits per heavy atom. The summed E-state index contributed by atoms with van der Waals surface area (Å²) in [7, 11) is 3.18. The number of methoxy groups -OCH3 is 2. The number of anilines is 1. The van der Waals surface area contributed by atoms with Gasteiger partial charge in [0.2, 0.25) is 0 Å². The van der Waals surface area contributed by atoms with Gasteiger partial charge in [-0.1, -0.05) is 0 Å². The maximum atomic E-state index is 12.1. The summed E-state index contributed by atoms with van der Waals surface area (Å²) >= 11 is 0. The largest absolute Gasteiger partial charge is 0.493 e. The number of carbonyl (C=O) groups excluding carboxylic acids is 1. The Bertz CT molecular complexity index is 692. The monoisotopic (exact) mass is 392 g/mol. The highest BCUT2D eigenvalue weighted by atomic mass is 16.6. The summed E-state index contributed by atoms with van der Waals surface area (Å²) in [4.78, 5) is 18.3. The zero-order valence-electron chi connectivity index (χ0n) is 17.4. The molecule has 0 bridgehead atoms. The molecule has 0 unspecified atom stereocenters. The summed E-state index contributed by atoms with van der Waals surface area (Å²) in [5.74, 6) is 2.02. The number of aliphatic imine (C=N–C) groups is 1. The Morgan fingerprint density at radius 1 is 1.21 bits per heavy atom. The Labute approximate surface area is 167 Å². The first-order chi connectivity index (χ1) is 13.2. The number of nitrogens with zero attached hydrogens (tertiary/aromatic N) is 2. The summed E-state index contributed by atoms with van der Waals surface area (Å²) in [5, 5.41) is 3.07. The van der Waals surface area contributed by atoms with Crippen molar-refractivity contribution in [2.24, 2.45) is 16.6 Å². The van der Waals surface area contributed by atoms with Crippen molar-refractivity contribution in [1.29, 1.82) is 0 Å². The lowest BCUT2D eigenvalue weighted by molar-refractivity contribution is 0.0187. The zero-order chi connectivity index (χ0) is 20.7. The second kappa shape index (κ2) is 9.52. The number of hydrogen-bond donors (Lipinski definition) is 2. The lowest BCUT2D eigenvalue weighted by Crippen LogP contribution is -2.42. The molecule has 1 amide bonds. The number of hydrogen-bond acceptors (Lipinski definition) is 5. The number of guanidine groups is 1. The second-order valence-corrected chi connectivity index (χ2v) is 7.83. The van der Waals surface area contributed by atoms with E-state index < -0.39 is 5.60 Å². The summed E-state index contributed by atoms with van der Waals surface area (Å²) in [6.07, 6.45) is 1.52. The van der Waals surface area contributed by atoms with Crippen molar-refractivity contribution in [1.82, 2.24) is 4.90 Å². The first-order valence-electron chi connectivity index (χ1n) is 9.48. The minimum atomic E-state index is -0.470. The number of nitrogens with two attached hydrogens (primary N) is 1. The maximum absolute atomic E-state index is 12.1. The van der Waals surface area contributed by atoms with Gasteiger partial charge in [-0.3, -0.25) is 4.99 Å². The second-order valence-electron chi connectivity index (χ2n) is 7.83. The van der Waals surface area contributed by atoms with E-state index in [-0.39, 0.29) is 6.09 Å². The van der Waals surface area contributed by atoms with Gasteiger partial charge in [0.1, 0.15) is 5.60 Å². The number of amides is 1. The summed E-state index contributed by atoms with van der Waals surface area (Å²) in [6.45, 7) is 7.60. The van der Waals surface area contributed by atoms with Gasteiger partial charge in [0.05, 0.1) is 14.2 Å². The number of ether oxygens (including phenoxy) is 3. The van der Waals surface area contributed by atoms with E-state index in [0.717, 1.165) is 18.5 Å². The molecule has 0 aromatic heterocycles. The van der Waals surface area contributed by atoms with Crippen LogP contribution < -0.4 is 20.5 Å². The van der Waals surface area contributed by atoms with E-state index in [1.54, 1.807) is 31.3 Å². The predicted molar refractivity (Wildman–Crippen MR) is 110 cm³/mol. The van der Waals surface area contributed by atoms with Crippen LogP contribution in [0.3, 0.4) is 0 Å². The highest BCUT2D eigenvalue weighted by Crippen LogP contribution is 2.29. The molecular weight excluding hydrogens is 360 g/mol. The van der Waals surface area contributed by atoms with E-state index in [1.165, 1.54) is 0 Å². The molecule has 1 aliphatic heterocycles. The molecule has 156 valence electrons. The minimum absolute atomic E-state index is 0.246. The van der Waals surface area contributed by atoms with Gasteiger partial charge in [-0.15, -0.1) is 0 Å². The van der Waals surface area contributed by atoms with Crippen molar-refractivity contribution in [3.05, 3.63) is 18.2 Å². The van der Waals surface area contributed by atoms with Crippen molar-refractivity contribution in [3.8, 4) is 11.5 Å². The molecule has 28 heavy (non-hydrogen) atoms. The van der Waals surface area contributed by atoms with Crippen LogP contribution in [0.5, 0.6) is 11.5 Å². The van der Waals surface area contributed by atoms with E-state index in [4.69, 9.17) is 19.9 Å². The molecule has 8 nitrogen and oxygen atoms in total. The van der Waals surface area contributed by atoms with Crippen LogP contribution in [0.1, 0.15) is 33.6 Å². The summed E-state index contributed by atoms with van der Waals surface area (Å²) in [6, 6.07) is 5.46. The van der Waals surface area contributed by atoms with Crippen LogP contribution in [-0.4, -0.2) is 56.4 Å². The summed E-state index contributed by atoms with van der Waals surface area (Å²) < 4.78 is 15.9. The normalized spacial score (nSPS) is 15.9. The molecule has 0 spiro atoms. The lowest BCUT2D eigenvalue weighted by Gasteiger charge is -2.33. The first kappa shape index (κ1) is 21.7. The fourth-order valence-corrected chi connectivity index (χ4v) is 2.95. The van der Waals surface area contributed by atoms with Crippen molar-refractivity contribution in [2.45, 2.75) is 39.2 Å². The Balaban J connectivity index is 1.82. The molecule has 0 radical (unpaired) electrons. The molecule has 1 aliphatic rings. The van der Waals surface area contributed by atoms with Crippen LogP contribution in [0.15, 0.2) is 23.2 Å². The molecule has 1 saturated heterocycles. The molecule has 3 N–H and O–H groups in total. The van der Waals surface area contributed by atoms with Crippen LogP contribution in [0.4, 0.5) is 10.5 Å². The van der Waals surface area contributed by atoms with Crippen LogP contribution in [0.25, 0.3) is 0 Å². The van der Waals surface area contributed by atoms with Gasteiger partial charge in [0.25, 0.3) is 0 Å². The number of carbonyl (C=O) groups is 1. The lowest BCUT2D eigenvalue weighted by atomic mass is 9.97. The molecule has 8 heteroatoms. The third kappa shape index (κ3) is 6.51. The first-order valence-corrected chi connectivity index (χ1v) is 9.48. The number of benzene rings is 1. The topological polar surface area (TPSA) is 98.4 Å². The van der Waals surface area contributed by atoms with Crippen LogP contribution in [0, 0.1) is 5.92 Å². The highest BCUT2D eigenvalue weighted by Gasteiger charge is 2.26. The van der Waals surface area contributed by atoms with Crippen molar-refractivity contribution in [2.75, 3.05) is 39.2 Å². The van der Waals surface area contributed by atoms with Gasteiger partial charge in [-0.2, -0.15) is 0 Å². The van der Waals surface area contributed by atoms with Gasteiger partial charge in [-0.05, 0) is 51.7 Å². The van der Waals surface area contributed by atoms with E-state index in [0.29, 0.717) is 43.0 Å². The average molecular weight is 393 g/mol. The van der Waals surface area contributed by atoms with Gasteiger partial charge in [0.15, 0.2) is 17.5 Å². The SMILES string of the molecule is COc1ccc(NC(N)=NCC2CCN(C(=O)OC(C)(C)C)CC2)cc1OC. The quantitative estimate of drug-likeness (QED) is 0.590. The maximum Gasteiger partial charge on any atom is 0.410 e.